The molecule has 1 atom stereocenters. The maximum atomic E-state index is 12.2. The zero-order chi connectivity index (χ0) is 14.8. The monoisotopic (exact) mass is 287 g/mol. The topological polar surface area (TPSA) is 81.1 Å². The van der Waals surface area contributed by atoms with E-state index in [1.165, 1.54) is 6.20 Å². The van der Waals surface area contributed by atoms with Crippen molar-refractivity contribution in [2.75, 3.05) is 17.3 Å². The molecule has 7 heteroatoms. The highest BCUT2D eigenvalue weighted by molar-refractivity contribution is 7.90. The van der Waals surface area contributed by atoms with Crippen molar-refractivity contribution in [2.45, 2.75) is 39.3 Å². The van der Waals surface area contributed by atoms with Crippen molar-refractivity contribution in [2.24, 2.45) is 0 Å². The molecule has 1 heterocycles. The molecular weight excluding hydrogens is 266 g/mol. The molecular formula is C12H21N3O3S. The molecule has 1 unspecified atom stereocenters. The third-order valence-electron chi connectivity index (χ3n) is 2.50. The lowest BCUT2D eigenvalue weighted by Gasteiger charge is -2.23. The van der Waals surface area contributed by atoms with Gasteiger partial charge in [0.05, 0.1) is 5.75 Å². The second-order valence-electron chi connectivity index (χ2n) is 5.76. The zero-order valence-corrected chi connectivity index (χ0v) is 12.8. The molecule has 0 spiro atoms. The minimum Gasteiger partial charge on any atom is -0.362 e. The summed E-state index contributed by atoms with van der Waals surface area (Å²) in [5.41, 5.74) is -0.605. The Morgan fingerprint density at radius 3 is 2.47 bits per heavy atom. The van der Waals surface area contributed by atoms with E-state index in [0.717, 1.165) is 6.26 Å². The van der Waals surface area contributed by atoms with Crippen LogP contribution in [0.2, 0.25) is 0 Å². The van der Waals surface area contributed by atoms with Gasteiger partial charge in [-0.15, -0.1) is 0 Å². The Morgan fingerprint density at radius 2 is 2.00 bits per heavy atom. The van der Waals surface area contributed by atoms with Crippen LogP contribution in [-0.2, 0) is 15.4 Å². The van der Waals surface area contributed by atoms with Gasteiger partial charge in [-0.1, -0.05) is 0 Å². The van der Waals surface area contributed by atoms with Gasteiger partial charge in [0.25, 0.3) is 5.56 Å². The summed E-state index contributed by atoms with van der Waals surface area (Å²) in [5, 5.41) is 2.86. The number of anilines is 1. The van der Waals surface area contributed by atoms with Gasteiger partial charge in [-0.25, -0.2) is 13.4 Å². The van der Waals surface area contributed by atoms with Crippen molar-refractivity contribution in [1.29, 1.82) is 0 Å². The SMILES string of the molecule is CC(CS(C)(=O)=O)Nc1nccn(C(C)(C)C)c1=O. The summed E-state index contributed by atoms with van der Waals surface area (Å²) in [5.74, 6) is 0.131. The summed E-state index contributed by atoms with van der Waals surface area (Å²) in [6.07, 6.45) is 4.31. The Bertz CT molecular complexity index is 599. The molecule has 0 aromatic carbocycles. The van der Waals surface area contributed by atoms with Crippen LogP contribution in [0.15, 0.2) is 17.2 Å². The lowest BCUT2D eigenvalue weighted by molar-refractivity contribution is 0.383. The van der Waals surface area contributed by atoms with Crippen LogP contribution in [0.3, 0.4) is 0 Å². The molecule has 6 nitrogen and oxygen atoms in total. The number of aromatic nitrogens is 2. The van der Waals surface area contributed by atoms with Crippen molar-refractivity contribution in [1.82, 2.24) is 9.55 Å². The average Bonchev–Trinajstić information content (AvgIpc) is 2.16. The molecule has 0 aliphatic carbocycles. The van der Waals surface area contributed by atoms with E-state index in [1.54, 1.807) is 17.7 Å². The van der Waals surface area contributed by atoms with E-state index in [0.29, 0.717) is 0 Å². The van der Waals surface area contributed by atoms with Crippen LogP contribution >= 0.6 is 0 Å². The second-order valence-corrected chi connectivity index (χ2v) is 7.94. The molecule has 0 aliphatic rings. The number of sulfone groups is 1. The maximum Gasteiger partial charge on any atom is 0.293 e. The highest BCUT2D eigenvalue weighted by Crippen LogP contribution is 2.11. The summed E-state index contributed by atoms with van der Waals surface area (Å²) in [4.78, 5) is 16.2. The van der Waals surface area contributed by atoms with E-state index < -0.39 is 9.84 Å². The Balaban J connectivity index is 3.01. The largest absolute Gasteiger partial charge is 0.362 e. The summed E-state index contributed by atoms with van der Waals surface area (Å²) < 4.78 is 24.0. The Hall–Kier alpha value is -1.37. The molecule has 0 amide bonds. The van der Waals surface area contributed by atoms with Crippen LogP contribution < -0.4 is 10.9 Å². The normalized spacial score (nSPS) is 14.2. The standard InChI is InChI=1S/C12H21N3O3S/c1-9(8-19(5,17)18)14-10-11(16)15(7-6-13-10)12(2,3)4/h6-7,9H,8H2,1-5H3,(H,13,14). The second kappa shape index (κ2) is 5.32. The van der Waals surface area contributed by atoms with E-state index in [1.807, 2.05) is 20.8 Å². The highest BCUT2D eigenvalue weighted by Gasteiger charge is 2.18. The maximum absolute atomic E-state index is 12.2. The van der Waals surface area contributed by atoms with E-state index in [2.05, 4.69) is 10.3 Å². The van der Waals surface area contributed by atoms with E-state index in [4.69, 9.17) is 0 Å². The minimum atomic E-state index is -3.09. The molecule has 1 rings (SSSR count). The van der Waals surface area contributed by atoms with Gasteiger partial charge >= 0.3 is 0 Å². The van der Waals surface area contributed by atoms with Gasteiger partial charge in [-0.2, -0.15) is 0 Å². The van der Waals surface area contributed by atoms with Crippen molar-refractivity contribution in [3.05, 3.63) is 22.7 Å². The van der Waals surface area contributed by atoms with Gasteiger partial charge in [-0.3, -0.25) is 4.79 Å². The van der Waals surface area contributed by atoms with Crippen LogP contribution in [0, 0.1) is 0 Å². The third kappa shape index (κ3) is 4.66. The fourth-order valence-corrected chi connectivity index (χ4v) is 2.76. The molecule has 0 saturated heterocycles. The molecule has 0 bridgehead atoms. The van der Waals surface area contributed by atoms with Gasteiger partial charge < -0.3 is 9.88 Å². The Kier molecular flexibility index (Phi) is 4.39. The molecule has 0 fully saturated rings. The minimum absolute atomic E-state index is 0.0431. The number of nitrogens with zero attached hydrogens (tertiary/aromatic N) is 2. The summed E-state index contributed by atoms with van der Waals surface area (Å²) in [7, 11) is -3.09. The van der Waals surface area contributed by atoms with Crippen molar-refractivity contribution < 1.29 is 8.42 Å². The van der Waals surface area contributed by atoms with Crippen molar-refractivity contribution in [3.63, 3.8) is 0 Å². The fraction of sp³-hybridized carbons (Fsp3) is 0.667. The summed E-state index contributed by atoms with van der Waals surface area (Å²) in [6.45, 7) is 7.45. The predicted molar refractivity (Wildman–Crippen MR) is 76.3 cm³/mol. The first-order valence-corrected chi connectivity index (χ1v) is 8.09. The van der Waals surface area contributed by atoms with Gasteiger partial charge in [0.1, 0.15) is 9.84 Å². The lowest BCUT2D eigenvalue weighted by Crippen LogP contribution is -2.37. The third-order valence-corrected chi connectivity index (χ3v) is 3.60. The Morgan fingerprint density at radius 1 is 1.42 bits per heavy atom. The number of hydrogen-bond donors (Lipinski definition) is 1. The van der Waals surface area contributed by atoms with Crippen LogP contribution in [0.5, 0.6) is 0 Å². The number of hydrogen-bond acceptors (Lipinski definition) is 5. The number of nitrogens with one attached hydrogen (secondary N) is 1. The van der Waals surface area contributed by atoms with E-state index in [-0.39, 0.29) is 28.7 Å². The van der Waals surface area contributed by atoms with Crippen LogP contribution in [0.25, 0.3) is 0 Å². The Labute approximate surface area is 113 Å². The molecule has 19 heavy (non-hydrogen) atoms. The van der Waals surface area contributed by atoms with E-state index in [9.17, 15) is 13.2 Å². The molecule has 0 radical (unpaired) electrons. The van der Waals surface area contributed by atoms with Gasteiger partial charge in [0.2, 0.25) is 0 Å². The van der Waals surface area contributed by atoms with Gasteiger partial charge in [0, 0.05) is 30.2 Å². The molecule has 108 valence electrons. The average molecular weight is 287 g/mol. The van der Waals surface area contributed by atoms with E-state index >= 15 is 0 Å². The smallest absolute Gasteiger partial charge is 0.293 e. The van der Waals surface area contributed by atoms with Crippen LogP contribution in [0.1, 0.15) is 27.7 Å². The predicted octanol–water partition coefficient (Wildman–Crippen LogP) is 0.843. The molecule has 1 aromatic heterocycles. The van der Waals surface area contributed by atoms with Crippen LogP contribution in [0.4, 0.5) is 5.82 Å². The van der Waals surface area contributed by atoms with Gasteiger partial charge in [-0.05, 0) is 27.7 Å². The van der Waals surface area contributed by atoms with Crippen molar-refractivity contribution in [3.8, 4) is 0 Å². The molecule has 1 aromatic rings. The zero-order valence-electron chi connectivity index (χ0n) is 12.0. The first kappa shape index (κ1) is 15.7. The molecule has 0 aliphatic heterocycles. The molecule has 0 saturated carbocycles. The quantitative estimate of drug-likeness (QED) is 0.887. The van der Waals surface area contributed by atoms with Gasteiger partial charge in [0.15, 0.2) is 5.82 Å². The molecule has 1 N–H and O–H groups in total. The highest BCUT2D eigenvalue weighted by atomic mass is 32.2. The summed E-state index contributed by atoms with van der Waals surface area (Å²) >= 11 is 0. The first-order valence-electron chi connectivity index (χ1n) is 6.03. The number of rotatable bonds is 4. The first-order chi connectivity index (χ1) is 8.50. The fourth-order valence-electron chi connectivity index (χ4n) is 1.77. The van der Waals surface area contributed by atoms with Crippen molar-refractivity contribution >= 4 is 15.7 Å². The lowest BCUT2D eigenvalue weighted by atomic mass is 10.1. The van der Waals surface area contributed by atoms with Crippen LogP contribution in [-0.4, -0.2) is 36.0 Å². The summed E-state index contributed by atoms with van der Waals surface area (Å²) in [6, 6.07) is -0.369.